The first-order valence-corrected chi connectivity index (χ1v) is 3.75. The number of nitrogens with one attached hydrogen (secondary N) is 1. The summed E-state index contributed by atoms with van der Waals surface area (Å²) in [5, 5.41) is 12.5. The van der Waals surface area contributed by atoms with Crippen LogP contribution in [0.5, 0.6) is 0 Å². The summed E-state index contributed by atoms with van der Waals surface area (Å²) in [6.45, 7) is 3.45. The summed E-state index contributed by atoms with van der Waals surface area (Å²) in [4.78, 5) is 0. The Balaban J connectivity index is 2.36. The minimum absolute atomic E-state index is 0.450. The number of likely N-dealkylation sites (N-methyl/N-ethyl adjacent to an activating group) is 1. The van der Waals surface area contributed by atoms with Crippen molar-refractivity contribution in [2.24, 2.45) is 0 Å². The van der Waals surface area contributed by atoms with Crippen LogP contribution in [-0.2, 0) is 0 Å². The number of hydrogen-bond donors (Lipinski definition) is 2. The van der Waals surface area contributed by atoms with Gasteiger partial charge in [-0.15, -0.1) is 0 Å². The summed E-state index contributed by atoms with van der Waals surface area (Å²) in [7, 11) is 0. The fraction of sp³-hybridized carbons (Fsp3) is 0.500. The molecule has 0 amide bonds. The molecule has 1 rings (SSSR count). The van der Waals surface area contributed by atoms with E-state index in [0.717, 1.165) is 12.1 Å². The fourth-order valence-electron chi connectivity index (χ4n) is 0.864. The second kappa shape index (κ2) is 4.16. The van der Waals surface area contributed by atoms with Gasteiger partial charge < -0.3 is 14.8 Å². The molecule has 0 saturated heterocycles. The highest BCUT2D eigenvalue weighted by Crippen LogP contribution is 2.10. The highest BCUT2D eigenvalue weighted by Gasteiger charge is 2.06. The lowest BCUT2D eigenvalue weighted by molar-refractivity contribution is 0.175. The van der Waals surface area contributed by atoms with Crippen LogP contribution in [0.3, 0.4) is 0 Å². The topological polar surface area (TPSA) is 45.4 Å². The minimum Gasteiger partial charge on any atom is -0.472 e. The zero-order valence-electron chi connectivity index (χ0n) is 6.58. The number of hydrogen-bond acceptors (Lipinski definition) is 3. The van der Waals surface area contributed by atoms with Gasteiger partial charge in [-0.25, -0.2) is 0 Å². The molecule has 11 heavy (non-hydrogen) atoms. The van der Waals surface area contributed by atoms with E-state index in [1.807, 2.05) is 6.92 Å². The zero-order valence-corrected chi connectivity index (χ0v) is 6.58. The minimum atomic E-state index is -0.450. The predicted molar refractivity (Wildman–Crippen MR) is 42.2 cm³/mol. The molecule has 0 spiro atoms. The van der Waals surface area contributed by atoms with Gasteiger partial charge in [0, 0.05) is 12.1 Å². The molecule has 62 valence electrons. The van der Waals surface area contributed by atoms with Crippen LogP contribution < -0.4 is 5.32 Å². The first-order valence-electron chi connectivity index (χ1n) is 3.75. The van der Waals surface area contributed by atoms with Gasteiger partial charge in [0.1, 0.15) is 0 Å². The van der Waals surface area contributed by atoms with Crippen molar-refractivity contribution in [3.63, 3.8) is 0 Å². The molecule has 0 bridgehead atoms. The van der Waals surface area contributed by atoms with E-state index < -0.39 is 6.10 Å². The summed E-state index contributed by atoms with van der Waals surface area (Å²) < 4.78 is 4.83. The van der Waals surface area contributed by atoms with Crippen molar-refractivity contribution in [3.05, 3.63) is 24.2 Å². The Morgan fingerprint density at radius 3 is 3.09 bits per heavy atom. The van der Waals surface area contributed by atoms with E-state index in [4.69, 9.17) is 4.42 Å². The van der Waals surface area contributed by atoms with Crippen LogP contribution in [0.25, 0.3) is 0 Å². The molecule has 0 aliphatic carbocycles. The van der Waals surface area contributed by atoms with E-state index >= 15 is 0 Å². The SMILES string of the molecule is CCNCC(O)c1ccoc1. The summed E-state index contributed by atoms with van der Waals surface area (Å²) >= 11 is 0. The fourth-order valence-corrected chi connectivity index (χ4v) is 0.864. The summed E-state index contributed by atoms with van der Waals surface area (Å²) in [5.41, 5.74) is 0.825. The van der Waals surface area contributed by atoms with Crippen LogP contribution in [-0.4, -0.2) is 18.2 Å². The van der Waals surface area contributed by atoms with Crippen molar-refractivity contribution in [1.29, 1.82) is 0 Å². The molecular formula is C8H13NO2. The van der Waals surface area contributed by atoms with Crippen molar-refractivity contribution in [3.8, 4) is 0 Å². The maximum Gasteiger partial charge on any atom is 0.0961 e. The van der Waals surface area contributed by atoms with Crippen LogP contribution in [0.4, 0.5) is 0 Å². The monoisotopic (exact) mass is 155 g/mol. The Morgan fingerprint density at radius 2 is 2.55 bits per heavy atom. The third-order valence-corrected chi connectivity index (χ3v) is 1.52. The molecule has 0 radical (unpaired) electrons. The molecule has 0 aliphatic heterocycles. The molecule has 3 heteroatoms. The van der Waals surface area contributed by atoms with Crippen molar-refractivity contribution >= 4 is 0 Å². The standard InChI is InChI=1S/C8H13NO2/c1-2-9-5-8(10)7-3-4-11-6-7/h3-4,6,8-10H,2,5H2,1H3. The van der Waals surface area contributed by atoms with Gasteiger partial charge in [0.2, 0.25) is 0 Å². The van der Waals surface area contributed by atoms with Crippen LogP contribution in [0.2, 0.25) is 0 Å². The molecule has 1 unspecified atom stereocenters. The van der Waals surface area contributed by atoms with Gasteiger partial charge in [0.05, 0.1) is 18.6 Å². The smallest absolute Gasteiger partial charge is 0.0961 e. The van der Waals surface area contributed by atoms with Gasteiger partial charge in [0.15, 0.2) is 0 Å². The van der Waals surface area contributed by atoms with E-state index in [1.165, 1.54) is 0 Å². The van der Waals surface area contributed by atoms with Crippen LogP contribution in [0, 0.1) is 0 Å². The first kappa shape index (κ1) is 8.30. The normalized spacial score (nSPS) is 13.3. The maximum absolute atomic E-state index is 9.42. The molecule has 1 aromatic rings. The van der Waals surface area contributed by atoms with Gasteiger partial charge in [-0.2, -0.15) is 0 Å². The summed E-state index contributed by atoms with van der Waals surface area (Å²) in [6.07, 6.45) is 2.67. The maximum atomic E-state index is 9.42. The lowest BCUT2D eigenvalue weighted by atomic mass is 10.2. The highest BCUT2D eigenvalue weighted by molar-refractivity contribution is 5.09. The Labute approximate surface area is 66.0 Å². The van der Waals surface area contributed by atoms with Crippen molar-refractivity contribution in [2.75, 3.05) is 13.1 Å². The van der Waals surface area contributed by atoms with E-state index in [9.17, 15) is 5.11 Å². The molecule has 2 N–H and O–H groups in total. The Morgan fingerprint density at radius 1 is 1.73 bits per heavy atom. The lowest BCUT2D eigenvalue weighted by Gasteiger charge is -2.07. The largest absolute Gasteiger partial charge is 0.472 e. The van der Waals surface area contributed by atoms with E-state index in [1.54, 1.807) is 18.6 Å². The zero-order chi connectivity index (χ0) is 8.10. The van der Waals surface area contributed by atoms with Gasteiger partial charge in [-0.1, -0.05) is 6.92 Å². The van der Waals surface area contributed by atoms with E-state index in [0.29, 0.717) is 6.54 Å². The number of furan rings is 1. The van der Waals surface area contributed by atoms with Crippen LogP contribution in [0.15, 0.2) is 23.0 Å². The molecule has 1 heterocycles. The van der Waals surface area contributed by atoms with Gasteiger partial charge in [-0.05, 0) is 12.6 Å². The third-order valence-electron chi connectivity index (χ3n) is 1.52. The second-order valence-corrected chi connectivity index (χ2v) is 2.38. The second-order valence-electron chi connectivity index (χ2n) is 2.38. The Kier molecular flexibility index (Phi) is 3.14. The quantitative estimate of drug-likeness (QED) is 0.679. The Bertz CT molecular complexity index is 184. The number of aliphatic hydroxyl groups excluding tert-OH is 1. The summed E-state index contributed by atoms with van der Waals surface area (Å²) in [6, 6.07) is 1.77. The van der Waals surface area contributed by atoms with Gasteiger partial charge in [-0.3, -0.25) is 0 Å². The van der Waals surface area contributed by atoms with Crippen LogP contribution in [0.1, 0.15) is 18.6 Å². The molecule has 0 fully saturated rings. The average Bonchev–Trinajstić information content (AvgIpc) is 2.52. The van der Waals surface area contributed by atoms with Crippen molar-refractivity contribution < 1.29 is 9.52 Å². The Hall–Kier alpha value is -0.800. The molecule has 0 saturated carbocycles. The number of aliphatic hydroxyl groups is 1. The van der Waals surface area contributed by atoms with Gasteiger partial charge >= 0.3 is 0 Å². The molecular weight excluding hydrogens is 142 g/mol. The predicted octanol–water partition coefficient (Wildman–Crippen LogP) is 0.923. The van der Waals surface area contributed by atoms with Crippen molar-refractivity contribution in [1.82, 2.24) is 5.32 Å². The first-order chi connectivity index (χ1) is 5.34. The molecule has 3 nitrogen and oxygen atoms in total. The van der Waals surface area contributed by atoms with E-state index in [-0.39, 0.29) is 0 Å². The molecule has 0 aromatic carbocycles. The molecule has 1 atom stereocenters. The van der Waals surface area contributed by atoms with Crippen molar-refractivity contribution in [2.45, 2.75) is 13.0 Å². The molecule has 0 aliphatic rings. The number of rotatable bonds is 4. The van der Waals surface area contributed by atoms with Crippen LogP contribution >= 0.6 is 0 Å². The summed E-state index contributed by atoms with van der Waals surface area (Å²) in [5.74, 6) is 0. The highest BCUT2D eigenvalue weighted by atomic mass is 16.3. The molecule has 1 aromatic heterocycles. The van der Waals surface area contributed by atoms with Gasteiger partial charge in [0.25, 0.3) is 0 Å². The average molecular weight is 155 g/mol. The lowest BCUT2D eigenvalue weighted by Crippen LogP contribution is -2.20. The van der Waals surface area contributed by atoms with E-state index in [2.05, 4.69) is 5.32 Å². The third kappa shape index (κ3) is 2.37.